The van der Waals surface area contributed by atoms with Crippen LogP contribution < -0.4 is 16.1 Å². The Morgan fingerprint density at radius 3 is 2.38 bits per heavy atom. The molecule has 1 saturated heterocycles. The van der Waals surface area contributed by atoms with Crippen LogP contribution in [0, 0.1) is 12.8 Å². The molecular weight excluding hydrogens is 528 g/mol. The molecule has 0 bridgehead atoms. The van der Waals surface area contributed by atoms with Crippen LogP contribution in [-0.4, -0.2) is 48.3 Å². The second kappa shape index (κ2) is 12.3. The van der Waals surface area contributed by atoms with E-state index in [2.05, 4.69) is 4.90 Å². The number of piperidine rings is 1. The SMILES string of the molecule is Cc1c(Cc2ccc(-c3ccc(Cl)cc3)cc2)c(=O)oc2cc(OCC(O)CN3CCC(C(N)=O)CC3)ccc12. The van der Waals surface area contributed by atoms with Crippen molar-refractivity contribution in [1.82, 2.24) is 4.90 Å². The van der Waals surface area contributed by atoms with Crippen LogP contribution in [0.25, 0.3) is 22.1 Å². The van der Waals surface area contributed by atoms with Gasteiger partial charge in [-0.2, -0.15) is 0 Å². The minimum absolute atomic E-state index is 0.0819. The van der Waals surface area contributed by atoms with Crippen molar-refractivity contribution in [3.8, 4) is 16.9 Å². The van der Waals surface area contributed by atoms with Crippen LogP contribution in [0.15, 0.2) is 75.9 Å². The number of aliphatic hydroxyl groups is 1. The second-order valence-electron chi connectivity index (χ2n) is 10.5. The number of likely N-dealkylation sites (tertiary alicyclic amines) is 1. The number of hydrogen-bond acceptors (Lipinski definition) is 6. The molecule has 40 heavy (non-hydrogen) atoms. The number of aryl methyl sites for hydroxylation is 1. The Kier molecular flexibility index (Phi) is 8.54. The lowest BCUT2D eigenvalue weighted by Gasteiger charge is -2.31. The number of fused-ring (bicyclic) bond motifs is 1. The molecule has 3 N–H and O–H groups in total. The monoisotopic (exact) mass is 560 g/mol. The van der Waals surface area contributed by atoms with Crippen LogP contribution in [0.3, 0.4) is 0 Å². The van der Waals surface area contributed by atoms with Crippen molar-refractivity contribution >= 4 is 28.5 Å². The third-order valence-corrected chi connectivity index (χ3v) is 7.92. The van der Waals surface area contributed by atoms with E-state index in [0.717, 1.165) is 40.7 Å². The fourth-order valence-electron chi connectivity index (χ4n) is 5.27. The molecule has 1 aromatic heterocycles. The molecule has 1 atom stereocenters. The molecule has 0 saturated carbocycles. The van der Waals surface area contributed by atoms with E-state index < -0.39 is 6.10 Å². The maximum atomic E-state index is 12.9. The zero-order chi connectivity index (χ0) is 28.2. The average molecular weight is 561 g/mol. The van der Waals surface area contributed by atoms with Gasteiger partial charge in [0.25, 0.3) is 0 Å². The predicted molar refractivity (Wildman–Crippen MR) is 157 cm³/mol. The van der Waals surface area contributed by atoms with Crippen LogP contribution in [0.1, 0.15) is 29.5 Å². The van der Waals surface area contributed by atoms with Crippen LogP contribution >= 0.6 is 11.6 Å². The van der Waals surface area contributed by atoms with Gasteiger partial charge in [0, 0.05) is 40.9 Å². The summed E-state index contributed by atoms with van der Waals surface area (Å²) in [5.74, 6) is 0.186. The Labute approximate surface area is 238 Å². The summed E-state index contributed by atoms with van der Waals surface area (Å²) in [6.07, 6.45) is 1.19. The van der Waals surface area contributed by atoms with Gasteiger partial charge in [-0.25, -0.2) is 4.79 Å². The Morgan fingerprint density at radius 2 is 1.73 bits per heavy atom. The first kappa shape index (κ1) is 27.9. The van der Waals surface area contributed by atoms with Crippen LogP contribution in [0.4, 0.5) is 0 Å². The fourth-order valence-corrected chi connectivity index (χ4v) is 5.40. The summed E-state index contributed by atoms with van der Waals surface area (Å²) >= 11 is 6.00. The highest BCUT2D eigenvalue weighted by Crippen LogP contribution is 2.27. The highest BCUT2D eigenvalue weighted by molar-refractivity contribution is 6.30. The van der Waals surface area contributed by atoms with Gasteiger partial charge in [0.05, 0.1) is 0 Å². The summed E-state index contributed by atoms with van der Waals surface area (Å²) < 4.78 is 11.5. The van der Waals surface area contributed by atoms with Crippen molar-refractivity contribution in [2.45, 2.75) is 32.3 Å². The Balaban J connectivity index is 1.22. The molecule has 1 aliphatic rings. The van der Waals surface area contributed by atoms with E-state index in [-0.39, 0.29) is 24.1 Å². The molecule has 5 rings (SSSR count). The first-order valence-corrected chi connectivity index (χ1v) is 13.9. The van der Waals surface area contributed by atoms with Gasteiger partial charge in [0.15, 0.2) is 0 Å². The van der Waals surface area contributed by atoms with Crippen LogP contribution in [0.5, 0.6) is 5.75 Å². The maximum absolute atomic E-state index is 12.9. The summed E-state index contributed by atoms with van der Waals surface area (Å²) in [6, 6.07) is 21.2. The molecular formula is C32H33ClN2O5. The number of β-amino-alcohol motifs (C(OH)–C–C–N with tert-alkyl or cyclic N) is 1. The number of carbonyl (C=O) groups is 1. The molecule has 7 nitrogen and oxygen atoms in total. The molecule has 8 heteroatoms. The van der Waals surface area contributed by atoms with Gasteiger partial charge in [-0.15, -0.1) is 0 Å². The van der Waals surface area contributed by atoms with Gasteiger partial charge in [0.1, 0.15) is 24.0 Å². The van der Waals surface area contributed by atoms with E-state index in [1.165, 1.54) is 0 Å². The van der Waals surface area contributed by atoms with E-state index in [0.29, 0.717) is 47.7 Å². The molecule has 1 aliphatic heterocycles. The second-order valence-corrected chi connectivity index (χ2v) is 10.9. The first-order valence-electron chi connectivity index (χ1n) is 13.5. The number of benzene rings is 3. The van der Waals surface area contributed by atoms with Gasteiger partial charge in [-0.1, -0.05) is 48.0 Å². The van der Waals surface area contributed by atoms with E-state index in [1.54, 1.807) is 6.07 Å². The van der Waals surface area contributed by atoms with Gasteiger partial charge in [-0.05, 0) is 79.4 Å². The standard InChI is InChI=1S/C32H33ClN2O5/c1-20-28-11-10-27(39-19-26(36)18-35-14-12-24(13-15-35)31(34)37)17-30(28)40-32(38)29(20)16-21-2-4-22(5-3-21)23-6-8-25(33)9-7-23/h2-11,17,24,26,36H,12-16,18-19H2,1H3,(H2,34,37). The molecule has 0 spiro atoms. The van der Waals surface area contributed by atoms with Crippen molar-refractivity contribution in [3.63, 3.8) is 0 Å². The summed E-state index contributed by atoms with van der Waals surface area (Å²) in [6.45, 7) is 3.94. The van der Waals surface area contributed by atoms with Crippen molar-refractivity contribution in [1.29, 1.82) is 0 Å². The molecule has 2 heterocycles. The third-order valence-electron chi connectivity index (χ3n) is 7.67. The Morgan fingerprint density at radius 1 is 1.07 bits per heavy atom. The number of amides is 1. The highest BCUT2D eigenvalue weighted by Gasteiger charge is 2.24. The third kappa shape index (κ3) is 6.55. The number of halogens is 1. The first-order chi connectivity index (χ1) is 19.3. The van der Waals surface area contributed by atoms with Crippen molar-refractivity contribution < 1.29 is 19.1 Å². The molecule has 3 aromatic carbocycles. The van der Waals surface area contributed by atoms with Gasteiger partial charge in [0.2, 0.25) is 5.91 Å². The highest BCUT2D eigenvalue weighted by atomic mass is 35.5. The van der Waals surface area contributed by atoms with Gasteiger partial charge in [-0.3, -0.25) is 4.79 Å². The molecule has 0 aliphatic carbocycles. The summed E-state index contributed by atoms with van der Waals surface area (Å²) in [5.41, 5.74) is 10.1. The topological polar surface area (TPSA) is 106 Å². The van der Waals surface area contributed by atoms with Crippen LogP contribution in [-0.2, 0) is 11.2 Å². The Hall–Kier alpha value is -3.65. The number of hydrogen-bond donors (Lipinski definition) is 2. The molecule has 208 valence electrons. The molecule has 1 amide bonds. The maximum Gasteiger partial charge on any atom is 0.340 e. The number of ether oxygens (including phenoxy) is 1. The van der Waals surface area contributed by atoms with Gasteiger partial charge >= 0.3 is 5.63 Å². The summed E-state index contributed by atoms with van der Waals surface area (Å²) in [4.78, 5) is 26.4. The number of nitrogens with zero attached hydrogens (tertiary/aromatic N) is 1. The van der Waals surface area contributed by atoms with Crippen molar-refractivity contribution in [2.24, 2.45) is 11.7 Å². The number of primary amides is 1. The van der Waals surface area contributed by atoms with E-state index in [1.807, 2.05) is 67.6 Å². The van der Waals surface area contributed by atoms with Gasteiger partial charge < -0.3 is 24.9 Å². The lowest BCUT2D eigenvalue weighted by atomic mass is 9.96. The number of nitrogens with two attached hydrogens (primary N) is 1. The lowest BCUT2D eigenvalue weighted by molar-refractivity contribution is -0.123. The number of rotatable bonds is 9. The zero-order valence-electron chi connectivity index (χ0n) is 22.4. The molecule has 4 aromatic rings. The number of carbonyl (C=O) groups excluding carboxylic acids is 1. The number of aliphatic hydroxyl groups excluding tert-OH is 1. The summed E-state index contributed by atoms with van der Waals surface area (Å²) in [5, 5.41) is 12.0. The Bertz CT molecular complexity index is 1540. The van der Waals surface area contributed by atoms with Crippen molar-refractivity contribution in [3.05, 3.63) is 98.9 Å². The minimum atomic E-state index is -0.692. The predicted octanol–water partition coefficient (Wildman–Crippen LogP) is 4.95. The quantitative estimate of drug-likeness (QED) is 0.281. The molecule has 1 fully saturated rings. The largest absolute Gasteiger partial charge is 0.491 e. The molecule has 1 unspecified atom stereocenters. The van der Waals surface area contributed by atoms with E-state index in [9.17, 15) is 14.7 Å². The normalized spacial score (nSPS) is 15.3. The zero-order valence-corrected chi connectivity index (χ0v) is 23.2. The fraction of sp³-hybridized carbons (Fsp3) is 0.312. The summed E-state index contributed by atoms with van der Waals surface area (Å²) in [7, 11) is 0. The smallest absolute Gasteiger partial charge is 0.340 e. The van der Waals surface area contributed by atoms with Crippen molar-refractivity contribution in [2.75, 3.05) is 26.2 Å². The van der Waals surface area contributed by atoms with E-state index in [4.69, 9.17) is 26.5 Å². The minimum Gasteiger partial charge on any atom is -0.491 e. The molecule has 0 radical (unpaired) electrons. The lowest BCUT2D eigenvalue weighted by Crippen LogP contribution is -2.43. The van der Waals surface area contributed by atoms with Crippen LogP contribution in [0.2, 0.25) is 5.02 Å². The van der Waals surface area contributed by atoms with E-state index >= 15 is 0 Å². The average Bonchev–Trinajstić information content (AvgIpc) is 2.95.